The zero-order valence-corrected chi connectivity index (χ0v) is 22.9. The van der Waals surface area contributed by atoms with Gasteiger partial charge in [0.1, 0.15) is 0 Å². The van der Waals surface area contributed by atoms with Crippen molar-refractivity contribution in [2.45, 2.75) is 88.4 Å². The summed E-state index contributed by atoms with van der Waals surface area (Å²) in [7, 11) is 0. The molecule has 40 heavy (non-hydrogen) atoms. The number of carbonyl (C=O) groups is 2. The van der Waals surface area contributed by atoms with Crippen LogP contribution in [0, 0.1) is 0 Å². The van der Waals surface area contributed by atoms with E-state index >= 15 is 0 Å². The number of anilines is 2. The van der Waals surface area contributed by atoms with Crippen LogP contribution in [0.5, 0.6) is 0 Å². The van der Waals surface area contributed by atoms with Crippen molar-refractivity contribution in [3.05, 3.63) is 42.2 Å². The van der Waals surface area contributed by atoms with Crippen LogP contribution in [0.3, 0.4) is 0 Å². The maximum absolute atomic E-state index is 12.7. The van der Waals surface area contributed by atoms with Crippen LogP contribution < -0.4 is 21.7 Å². The number of carbonyl (C=O) groups excluding carboxylic acids is 2. The first-order valence-electron chi connectivity index (χ1n) is 14.7. The molecule has 6 rings (SSSR count). The van der Waals surface area contributed by atoms with Crippen LogP contribution in [0.1, 0.15) is 80.6 Å². The van der Waals surface area contributed by atoms with Crippen LogP contribution in [0.25, 0.3) is 11.2 Å². The van der Waals surface area contributed by atoms with Crippen molar-refractivity contribution in [3.8, 4) is 0 Å². The molecular formula is C29H39N9O2. The maximum atomic E-state index is 12.7. The van der Waals surface area contributed by atoms with Crippen molar-refractivity contribution in [1.82, 2.24) is 29.7 Å². The summed E-state index contributed by atoms with van der Waals surface area (Å²) in [5.74, 6) is 0.984. The van der Waals surface area contributed by atoms with E-state index in [4.69, 9.17) is 20.7 Å². The van der Waals surface area contributed by atoms with Crippen LogP contribution in [-0.4, -0.2) is 67.6 Å². The summed E-state index contributed by atoms with van der Waals surface area (Å²) in [4.78, 5) is 41.4. The van der Waals surface area contributed by atoms with Crippen molar-refractivity contribution < 1.29 is 9.59 Å². The molecule has 1 saturated heterocycles. The molecule has 2 aromatic heterocycles. The molecule has 1 aromatic carbocycles. The Labute approximate surface area is 234 Å². The van der Waals surface area contributed by atoms with E-state index < -0.39 is 0 Å². The minimum atomic E-state index is -0.382. The van der Waals surface area contributed by atoms with E-state index in [-0.39, 0.29) is 24.0 Å². The van der Waals surface area contributed by atoms with Gasteiger partial charge >= 0.3 is 6.03 Å². The molecule has 3 amide bonds. The number of benzene rings is 1. The summed E-state index contributed by atoms with van der Waals surface area (Å²) < 4.78 is 2.23. The predicted molar refractivity (Wildman–Crippen MR) is 154 cm³/mol. The minimum Gasteiger partial charge on any atom is -0.365 e. The highest BCUT2D eigenvalue weighted by Crippen LogP contribution is 2.34. The second kappa shape index (κ2) is 11.8. The number of hydrogen-bond donors (Lipinski definition) is 4. The molecule has 0 bridgehead atoms. The van der Waals surface area contributed by atoms with Gasteiger partial charge in [-0.25, -0.2) is 9.78 Å². The number of piperidine rings is 1. The third-order valence-electron chi connectivity index (χ3n) is 8.62. The summed E-state index contributed by atoms with van der Waals surface area (Å²) in [5, 5.41) is 9.72. The molecule has 0 spiro atoms. The van der Waals surface area contributed by atoms with Crippen molar-refractivity contribution in [2.75, 3.05) is 23.7 Å². The minimum absolute atomic E-state index is 0.129. The van der Waals surface area contributed by atoms with Crippen LogP contribution >= 0.6 is 0 Å². The number of imide groups is 1. The van der Waals surface area contributed by atoms with Gasteiger partial charge in [0, 0.05) is 42.8 Å². The van der Waals surface area contributed by atoms with E-state index in [2.05, 4.69) is 20.5 Å². The molecule has 1 aliphatic heterocycles. The molecule has 5 N–H and O–H groups in total. The Morgan fingerprint density at radius 1 is 0.850 bits per heavy atom. The number of hydrogen-bond acceptors (Lipinski definition) is 8. The zero-order valence-electron chi connectivity index (χ0n) is 22.9. The number of rotatable bonds is 6. The average molecular weight is 546 g/mol. The fraction of sp³-hybridized carbons (Fsp3) is 0.552. The second-order valence-electron chi connectivity index (χ2n) is 11.4. The fourth-order valence-corrected chi connectivity index (χ4v) is 6.24. The second-order valence-corrected chi connectivity index (χ2v) is 11.4. The number of urea groups is 1. The molecular weight excluding hydrogens is 506 g/mol. The van der Waals surface area contributed by atoms with Crippen molar-refractivity contribution >= 4 is 34.9 Å². The SMILES string of the molecule is N[C@H]1CC[C@H](Nc2nc(NC3CCN(C(=O)NC(=O)c4ccccc4)CC3)c3ncn(C4CCCC4)c3n2)CC1. The molecule has 11 nitrogen and oxygen atoms in total. The molecule has 11 heteroatoms. The number of aromatic nitrogens is 4. The van der Waals surface area contributed by atoms with Gasteiger partial charge in [0.15, 0.2) is 17.0 Å². The lowest BCUT2D eigenvalue weighted by Crippen LogP contribution is -2.48. The molecule has 2 aliphatic carbocycles. The quantitative estimate of drug-likeness (QED) is 0.363. The number of nitrogens with two attached hydrogens (primary N) is 1. The van der Waals surface area contributed by atoms with Gasteiger partial charge < -0.3 is 25.8 Å². The Morgan fingerprint density at radius 3 is 2.27 bits per heavy atom. The Morgan fingerprint density at radius 2 is 1.55 bits per heavy atom. The van der Waals surface area contributed by atoms with Crippen molar-refractivity contribution in [1.29, 1.82) is 0 Å². The lowest BCUT2D eigenvalue weighted by atomic mass is 9.92. The summed E-state index contributed by atoms with van der Waals surface area (Å²) in [6.07, 6.45) is 12.2. The largest absolute Gasteiger partial charge is 0.365 e. The van der Waals surface area contributed by atoms with Crippen molar-refractivity contribution in [2.24, 2.45) is 5.73 Å². The van der Waals surface area contributed by atoms with Gasteiger partial charge in [-0.2, -0.15) is 9.97 Å². The van der Waals surface area contributed by atoms with E-state index in [0.717, 1.165) is 68.3 Å². The summed E-state index contributed by atoms with van der Waals surface area (Å²) >= 11 is 0. The van der Waals surface area contributed by atoms with Gasteiger partial charge in [-0.05, 0) is 63.5 Å². The summed E-state index contributed by atoms with van der Waals surface area (Å²) in [6.45, 7) is 1.09. The van der Waals surface area contributed by atoms with Crippen LogP contribution in [-0.2, 0) is 0 Å². The number of nitrogens with zero attached hydrogens (tertiary/aromatic N) is 5. The molecule has 212 valence electrons. The Bertz CT molecular complexity index is 1320. The number of amides is 3. The first-order valence-corrected chi connectivity index (χ1v) is 14.7. The summed E-state index contributed by atoms with van der Waals surface area (Å²) in [5.41, 5.74) is 8.25. The van der Waals surface area contributed by atoms with Gasteiger partial charge in [0.2, 0.25) is 5.95 Å². The number of nitrogens with one attached hydrogen (secondary N) is 3. The average Bonchev–Trinajstić information content (AvgIpc) is 3.65. The normalized spacial score (nSPS) is 22.4. The molecule has 3 aromatic rings. The third-order valence-corrected chi connectivity index (χ3v) is 8.62. The number of imidazole rings is 1. The molecule has 3 fully saturated rings. The molecule has 0 radical (unpaired) electrons. The first kappa shape index (κ1) is 26.5. The maximum Gasteiger partial charge on any atom is 0.324 e. The highest BCUT2D eigenvalue weighted by molar-refractivity contribution is 6.04. The van der Waals surface area contributed by atoms with E-state index in [1.54, 1.807) is 29.2 Å². The van der Waals surface area contributed by atoms with Gasteiger partial charge in [0.05, 0.1) is 6.33 Å². The monoisotopic (exact) mass is 545 g/mol. The van der Waals surface area contributed by atoms with Gasteiger partial charge in [-0.1, -0.05) is 31.0 Å². The van der Waals surface area contributed by atoms with Crippen LogP contribution in [0.2, 0.25) is 0 Å². The number of fused-ring (bicyclic) bond motifs is 1. The Kier molecular flexibility index (Phi) is 7.81. The first-order chi connectivity index (χ1) is 19.5. The summed E-state index contributed by atoms with van der Waals surface area (Å²) in [6, 6.07) is 9.59. The van der Waals surface area contributed by atoms with Crippen molar-refractivity contribution in [3.63, 3.8) is 0 Å². The van der Waals surface area contributed by atoms with Crippen LogP contribution in [0.4, 0.5) is 16.6 Å². The highest BCUT2D eigenvalue weighted by atomic mass is 16.2. The lowest BCUT2D eigenvalue weighted by molar-refractivity contribution is 0.0948. The third kappa shape index (κ3) is 5.89. The predicted octanol–water partition coefficient (Wildman–Crippen LogP) is 4.05. The molecule has 3 aliphatic rings. The van der Waals surface area contributed by atoms with Crippen LogP contribution in [0.15, 0.2) is 36.7 Å². The Hall–Kier alpha value is -3.73. The highest BCUT2D eigenvalue weighted by Gasteiger charge is 2.27. The lowest BCUT2D eigenvalue weighted by Gasteiger charge is -2.32. The van der Waals surface area contributed by atoms with E-state index in [0.29, 0.717) is 36.7 Å². The Balaban J connectivity index is 1.14. The standard InChI is InChI=1S/C29H39N9O2/c30-20-10-12-21(13-11-20)33-28-34-25(24-26(35-28)38(18-31-24)23-8-4-5-9-23)32-22-14-16-37(17-15-22)29(40)36-27(39)19-6-2-1-3-7-19/h1-3,6-7,18,20-23H,4-5,8-17,30H2,(H,36,39,40)(H2,32,33,34,35)/t20-,21-. The van der Waals surface area contributed by atoms with E-state index in [9.17, 15) is 9.59 Å². The van der Waals surface area contributed by atoms with Gasteiger partial charge in [-0.15, -0.1) is 0 Å². The smallest absolute Gasteiger partial charge is 0.324 e. The molecule has 2 saturated carbocycles. The zero-order chi connectivity index (χ0) is 27.5. The topological polar surface area (TPSA) is 143 Å². The molecule has 0 unspecified atom stereocenters. The van der Waals surface area contributed by atoms with E-state index in [1.807, 2.05) is 12.4 Å². The molecule has 3 heterocycles. The van der Waals surface area contributed by atoms with Gasteiger partial charge in [0.25, 0.3) is 5.91 Å². The fourth-order valence-electron chi connectivity index (χ4n) is 6.24. The number of likely N-dealkylation sites (tertiary alicyclic amines) is 1. The molecule has 0 atom stereocenters. The van der Waals surface area contributed by atoms with E-state index in [1.165, 1.54) is 12.8 Å². The van der Waals surface area contributed by atoms with Gasteiger partial charge in [-0.3, -0.25) is 10.1 Å².